The number of methoxy groups -OCH3 is 1. The number of para-hydroxylation sites is 1. The first-order chi connectivity index (χ1) is 14.4. The van der Waals surface area contributed by atoms with Gasteiger partial charge in [0.25, 0.3) is 5.91 Å². The van der Waals surface area contributed by atoms with Crippen LogP contribution < -0.4 is 20.3 Å². The minimum Gasteiger partial charge on any atom is -0.496 e. The third-order valence-electron chi connectivity index (χ3n) is 4.84. The number of quaternary nitrogens is 1. The van der Waals surface area contributed by atoms with Gasteiger partial charge in [-0.1, -0.05) is 12.1 Å². The summed E-state index contributed by atoms with van der Waals surface area (Å²) in [5, 5.41) is 4.42. The number of alkyl halides is 3. The first kappa shape index (κ1) is 21.9. The topological polar surface area (TPSA) is 67.4 Å². The van der Waals surface area contributed by atoms with Crippen LogP contribution in [0.25, 0.3) is 0 Å². The van der Waals surface area contributed by atoms with Crippen molar-refractivity contribution in [3.63, 3.8) is 0 Å². The number of carbonyl (C=O) groups is 1. The lowest BCUT2D eigenvalue weighted by atomic mass is 10.1. The standard InChI is InChI=1S/C21H24F3N3O3/c1-29-19-5-3-2-4-15(19)13-25-14-20(28)26-17-12-16(21(22,23)24)6-7-18(17)27-8-10-30-11-9-27/h2-7,12,25H,8-11,13-14H2,1H3,(H,26,28)/p+1. The number of amides is 1. The van der Waals surface area contributed by atoms with Gasteiger partial charge in [0.05, 0.1) is 37.3 Å². The Bertz CT molecular complexity index is 868. The zero-order chi connectivity index (χ0) is 21.6. The van der Waals surface area contributed by atoms with Crippen molar-refractivity contribution in [2.75, 3.05) is 50.2 Å². The summed E-state index contributed by atoms with van der Waals surface area (Å²) < 4.78 is 50.1. The van der Waals surface area contributed by atoms with E-state index in [2.05, 4.69) is 5.32 Å². The van der Waals surface area contributed by atoms with Gasteiger partial charge in [-0.2, -0.15) is 13.2 Å². The summed E-state index contributed by atoms with van der Waals surface area (Å²) in [5.41, 5.74) is 0.848. The van der Waals surface area contributed by atoms with Crippen molar-refractivity contribution in [1.29, 1.82) is 0 Å². The highest BCUT2D eigenvalue weighted by molar-refractivity contribution is 5.95. The second kappa shape index (κ2) is 9.82. The highest BCUT2D eigenvalue weighted by Gasteiger charge is 2.32. The lowest BCUT2D eigenvalue weighted by Gasteiger charge is -2.31. The van der Waals surface area contributed by atoms with E-state index in [9.17, 15) is 18.0 Å². The van der Waals surface area contributed by atoms with E-state index < -0.39 is 11.7 Å². The van der Waals surface area contributed by atoms with Crippen molar-refractivity contribution in [2.24, 2.45) is 0 Å². The molecule has 0 spiro atoms. The molecule has 1 aliphatic heterocycles. The molecule has 0 bridgehead atoms. The van der Waals surface area contributed by atoms with Gasteiger partial charge >= 0.3 is 6.18 Å². The van der Waals surface area contributed by atoms with Crippen molar-refractivity contribution in [1.82, 2.24) is 0 Å². The molecule has 162 valence electrons. The Kier molecular flexibility index (Phi) is 7.17. The van der Waals surface area contributed by atoms with Crippen LogP contribution in [-0.4, -0.2) is 45.9 Å². The number of halogens is 3. The fourth-order valence-electron chi connectivity index (χ4n) is 3.32. The molecule has 1 amide bonds. The normalized spacial score (nSPS) is 14.5. The Labute approximate surface area is 173 Å². The largest absolute Gasteiger partial charge is 0.496 e. The van der Waals surface area contributed by atoms with Gasteiger partial charge in [0.1, 0.15) is 12.3 Å². The summed E-state index contributed by atoms with van der Waals surface area (Å²) in [6.45, 7) is 2.65. The molecule has 0 unspecified atom stereocenters. The van der Waals surface area contributed by atoms with E-state index in [1.807, 2.05) is 29.2 Å². The van der Waals surface area contributed by atoms with Crippen LogP contribution in [-0.2, 0) is 22.3 Å². The maximum absolute atomic E-state index is 13.2. The van der Waals surface area contributed by atoms with Crippen LogP contribution in [0, 0.1) is 0 Å². The molecule has 0 atom stereocenters. The van der Waals surface area contributed by atoms with E-state index >= 15 is 0 Å². The first-order valence-corrected chi connectivity index (χ1v) is 9.66. The van der Waals surface area contributed by atoms with Crippen molar-refractivity contribution >= 4 is 17.3 Å². The van der Waals surface area contributed by atoms with E-state index in [4.69, 9.17) is 9.47 Å². The number of hydrogen-bond donors (Lipinski definition) is 2. The molecule has 1 heterocycles. The summed E-state index contributed by atoms with van der Waals surface area (Å²) in [7, 11) is 1.58. The van der Waals surface area contributed by atoms with Gasteiger partial charge in [0.2, 0.25) is 0 Å². The van der Waals surface area contributed by atoms with Crippen molar-refractivity contribution in [3.05, 3.63) is 53.6 Å². The van der Waals surface area contributed by atoms with Crippen LogP contribution in [0.15, 0.2) is 42.5 Å². The Balaban J connectivity index is 1.69. The van der Waals surface area contributed by atoms with Gasteiger partial charge in [0.15, 0.2) is 6.54 Å². The molecule has 0 saturated carbocycles. The molecule has 1 fully saturated rings. The average Bonchev–Trinajstić information content (AvgIpc) is 2.74. The maximum Gasteiger partial charge on any atom is 0.416 e. The Hall–Kier alpha value is -2.78. The van der Waals surface area contributed by atoms with Crippen LogP contribution >= 0.6 is 0 Å². The van der Waals surface area contributed by atoms with Crippen LogP contribution in [0.5, 0.6) is 5.75 Å². The van der Waals surface area contributed by atoms with E-state index in [0.717, 1.165) is 23.4 Å². The van der Waals surface area contributed by atoms with Gasteiger partial charge < -0.3 is 25.0 Å². The van der Waals surface area contributed by atoms with Crippen molar-refractivity contribution in [3.8, 4) is 5.75 Å². The molecule has 1 saturated heterocycles. The quantitative estimate of drug-likeness (QED) is 0.716. The summed E-state index contributed by atoms with van der Waals surface area (Å²) in [5.74, 6) is 0.348. The average molecular weight is 424 g/mol. The molecule has 1 aliphatic rings. The number of rotatable bonds is 7. The molecule has 0 aromatic heterocycles. The van der Waals surface area contributed by atoms with E-state index in [0.29, 0.717) is 38.5 Å². The van der Waals surface area contributed by atoms with Crippen LogP contribution in [0.3, 0.4) is 0 Å². The number of benzene rings is 2. The van der Waals surface area contributed by atoms with Gasteiger partial charge in [0, 0.05) is 18.7 Å². The van der Waals surface area contributed by atoms with Crippen LogP contribution in [0.1, 0.15) is 11.1 Å². The number of nitrogens with zero attached hydrogens (tertiary/aromatic N) is 1. The number of morpholine rings is 1. The molecule has 3 rings (SSSR count). The summed E-state index contributed by atoms with van der Waals surface area (Å²) in [6, 6.07) is 10.9. The lowest BCUT2D eigenvalue weighted by molar-refractivity contribution is -0.659. The predicted molar refractivity (Wildman–Crippen MR) is 107 cm³/mol. The molecular weight excluding hydrogens is 399 g/mol. The molecule has 2 aromatic carbocycles. The van der Waals surface area contributed by atoms with Gasteiger partial charge in [-0.15, -0.1) is 0 Å². The highest BCUT2D eigenvalue weighted by atomic mass is 19.4. The zero-order valence-corrected chi connectivity index (χ0v) is 16.7. The molecule has 6 nitrogen and oxygen atoms in total. The van der Waals surface area contributed by atoms with Crippen LogP contribution in [0.2, 0.25) is 0 Å². The number of anilines is 2. The Morgan fingerprint density at radius 3 is 2.63 bits per heavy atom. The van der Waals surface area contributed by atoms with E-state index in [1.54, 1.807) is 12.4 Å². The fraction of sp³-hybridized carbons (Fsp3) is 0.381. The summed E-state index contributed by atoms with van der Waals surface area (Å²) in [4.78, 5) is 14.4. The molecule has 2 aromatic rings. The minimum atomic E-state index is -4.49. The van der Waals surface area contributed by atoms with E-state index in [1.165, 1.54) is 6.07 Å². The summed E-state index contributed by atoms with van der Waals surface area (Å²) >= 11 is 0. The number of hydrogen-bond acceptors (Lipinski definition) is 4. The third kappa shape index (κ3) is 5.64. The Morgan fingerprint density at radius 1 is 1.20 bits per heavy atom. The number of carbonyl (C=O) groups excluding carboxylic acids is 1. The molecule has 3 N–H and O–H groups in total. The SMILES string of the molecule is COc1ccccc1C[NH2+]CC(=O)Nc1cc(C(F)(F)F)ccc1N1CCOCC1. The van der Waals surface area contributed by atoms with Gasteiger partial charge in [-0.3, -0.25) is 4.79 Å². The second-order valence-electron chi connectivity index (χ2n) is 6.89. The zero-order valence-electron chi connectivity index (χ0n) is 16.7. The fourth-order valence-corrected chi connectivity index (χ4v) is 3.32. The molecular formula is C21H25F3N3O3+. The smallest absolute Gasteiger partial charge is 0.416 e. The van der Waals surface area contributed by atoms with Gasteiger partial charge in [-0.25, -0.2) is 0 Å². The maximum atomic E-state index is 13.2. The van der Waals surface area contributed by atoms with Gasteiger partial charge in [-0.05, 0) is 30.3 Å². The predicted octanol–water partition coefficient (Wildman–Crippen LogP) is 2.25. The van der Waals surface area contributed by atoms with Crippen molar-refractivity contribution < 1.29 is 32.8 Å². The van der Waals surface area contributed by atoms with Crippen LogP contribution in [0.4, 0.5) is 24.5 Å². The molecule has 30 heavy (non-hydrogen) atoms. The number of nitrogens with one attached hydrogen (secondary N) is 1. The molecule has 0 radical (unpaired) electrons. The summed E-state index contributed by atoms with van der Waals surface area (Å²) in [6.07, 6.45) is -4.49. The highest BCUT2D eigenvalue weighted by Crippen LogP contribution is 2.35. The molecule has 0 aliphatic carbocycles. The monoisotopic (exact) mass is 424 g/mol. The number of ether oxygens (including phenoxy) is 2. The second-order valence-corrected chi connectivity index (χ2v) is 6.89. The van der Waals surface area contributed by atoms with E-state index in [-0.39, 0.29) is 18.1 Å². The third-order valence-corrected chi connectivity index (χ3v) is 4.84. The minimum absolute atomic E-state index is 0.0663. The van der Waals surface area contributed by atoms with Crippen molar-refractivity contribution in [2.45, 2.75) is 12.7 Å². The number of nitrogens with two attached hydrogens (primary N) is 1. The first-order valence-electron chi connectivity index (χ1n) is 9.66. The molecule has 9 heteroatoms. The Morgan fingerprint density at radius 2 is 1.93 bits per heavy atom. The lowest BCUT2D eigenvalue weighted by Crippen LogP contribution is -2.84.